The second-order valence-corrected chi connectivity index (χ2v) is 11.6. The van der Waals surface area contributed by atoms with Gasteiger partial charge in [-0.1, -0.05) is 12.8 Å². The summed E-state index contributed by atoms with van der Waals surface area (Å²) in [4.78, 5) is 16.6. The normalized spacial score (nSPS) is 26.4. The number of carbonyl (C=O) groups is 1. The van der Waals surface area contributed by atoms with Crippen molar-refractivity contribution in [2.24, 2.45) is 5.92 Å². The van der Waals surface area contributed by atoms with Crippen LogP contribution in [0.25, 0.3) is 0 Å². The third-order valence-electron chi connectivity index (χ3n) is 6.49. The lowest BCUT2D eigenvalue weighted by Gasteiger charge is -2.45. The van der Waals surface area contributed by atoms with E-state index in [1.54, 1.807) is 19.9 Å². The molecule has 1 aliphatic carbocycles. The van der Waals surface area contributed by atoms with Crippen LogP contribution in [0.15, 0.2) is 36.5 Å². The number of methoxy groups -OCH3 is 1. The first-order valence-corrected chi connectivity index (χ1v) is 12.3. The second kappa shape index (κ2) is 8.09. The molecule has 1 saturated carbocycles. The van der Waals surface area contributed by atoms with Gasteiger partial charge in [0.2, 0.25) is 0 Å². The maximum absolute atomic E-state index is 14.9. The third-order valence-corrected chi connectivity index (χ3v) is 9.19. The van der Waals surface area contributed by atoms with Crippen LogP contribution in [0.3, 0.4) is 0 Å². The van der Waals surface area contributed by atoms with Crippen molar-refractivity contribution in [3.8, 4) is 5.75 Å². The number of benzene rings is 1. The lowest BCUT2D eigenvalue weighted by Crippen LogP contribution is -2.65. The zero-order valence-electron chi connectivity index (χ0n) is 18.7. The van der Waals surface area contributed by atoms with Crippen molar-refractivity contribution in [2.45, 2.75) is 43.4 Å². The first-order chi connectivity index (χ1) is 15.5. The molecule has 0 spiro atoms. The molecule has 8 nitrogen and oxygen atoms in total. The minimum atomic E-state index is -3.75. The zero-order chi connectivity index (χ0) is 24.0. The lowest BCUT2D eigenvalue weighted by molar-refractivity contribution is 0.102. The Morgan fingerprint density at radius 3 is 2.61 bits per heavy atom. The van der Waals surface area contributed by atoms with Gasteiger partial charge in [0.25, 0.3) is 5.91 Å². The Morgan fingerprint density at radius 2 is 2.03 bits per heavy atom. The summed E-state index contributed by atoms with van der Waals surface area (Å²) in [5.41, 5.74) is -0.872. The molecule has 1 amide bonds. The van der Waals surface area contributed by atoms with E-state index in [9.17, 15) is 17.6 Å². The number of amides is 1. The highest BCUT2D eigenvalue weighted by Gasteiger charge is 2.55. The monoisotopic (exact) mass is 474 g/mol. The molecular weight excluding hydrogens is 447 g/mol. The standard InChI is InChI=1S/C23H27FN4O4S/c1-22(13-33(30,31)23(2,21(25)28-22)11-14-4-5-14)17-10-15(6-8-18(17)24)27-20(29)19-9-7-16(32-3)12-26-19/h6-10,12,14H,4-5,11,13H2,1-3H3,(H2,25,28)(H,27,29)/t22-,23-/m0/s1. The second-order valence-electron chi connectivity index (χ2n) is 9.20. The molecule has 10 heteroatoms. The van der Waals surface area contributed by atoms with Crippen molar-refractivity contribution in [1.29, 1.82) is 5.41 Å². The molecule has 1 aromatic carbocycles. The van der Waals surface area contributed by atoms with Gasteiger partial charge in [0.1, 0.15) is 27.8 Å². The van der Waals surface area contributed by atoms with Crippen LogP contribution in [-0.4, -0.2) is 42.8 Å². The highest BCUT2D eigenvalue weighted by atomic mass is 32.2. The summed E-state index contributed by atoms with van der Waals surface area (Å²) >= 11 is 0. The first-order valence-electron chi connectivity index (χ1n) is 10.7. The van der Waals surface area contributed by atoms with Gasteiger partial charge >= 0.3 is 0 Å². The Morgan fingerprint density at radius 1 is 1.30 bits per heavy atom. The SMILES string of the molecule is COc1ccc(C(=O)Nc2ccc(F)c([C@]3(C)CS(=O)(=O)[C@@](C)(CC4CC4)C(=N)N3)c2)nc1. The molecular formula is C23H27FN4O4S. The Balaban J connectivity index is 1.60. The number of hydrogen-bond acceptors (Lipinski definition) is 6. The van der Waals surface area contributed by atoms with Crippen molar-refractivity contribution in [1.82, 2.24) is 10.3 Å². The number of halogens is 1. The van der Waals surface area contributed by atoms with Crippen LogP contribution in [0.1, 0.15) is 49.2 Å². The van der Waals surface area contributed by atoms with Gasteiger partial charge in [0, 0.05) is 11.3 Å². The van der Waals surface area contributed by atoms with Crippen LogP contribution >= 0.6 is 0 Å². The van der Waals surface area contributed by atoms with E-state index in [1.807, 2.05) is 0 Å². The number of nitrogens with one attached hydrogen (secondary N) is 3. The van der Waals surface area contributed by atoms with Gasteiger partial charge in [0.15, 0.2) is 9.84 Å². The Labute approximate surface area is 192 Å². The number of rotatable bonds is 6. The predicted octanol–water partition coefficient (Wildman–Crippen LogP) is 3.25. The quantitative estimate of drug-likeness (QED) is 0.591. The van der Waals surface area contributed by atoms with Crippen LogP contribution < -0.4 is 15.4 Å². The minimum Gasteiger partial charge on any atom is -0.495 e. The zero-order valence-corrected chi connectivity index (χ0v) is 19.6. The Hall–Kier alpha value is -3.01. The van der Waals surface area contributed by atoms with Crippen LogP contribution in [0.2, 0.25) is 0 Å². The van der Waals surface area contributed by atoms with Gasteiger partial charge in [-0.25, -0.2) is 17.8 Å². The topological polar surface area (TPSA) is 121 Å². The van der Waals surface area contributed by atoms with E-state index in [1.165, 1.54) is 37.6 Å². The maximum atomic E-state index is 14.9. The van der Waals surface area contributed by atoms with Crippen molar-refractivity contribution >= 4 is 27.3 Å². The van der Waals surface area contributed by atoms with E-state index in [4.69, 9.17) is 10.1 Å². The van der Waals surface area contributed by atoms with Gasteiger partial charge < -0.3 is 15.4 Å². The smallest absolute Gasteiger partial charge is 0.274 e. The number of amidine groups is 1. The van der Waals surface area contributed by atoms with E-state index >= 15 is 0 Å². The third kappa shape index (κ3) is 4.31. The van der Waals surface area contributed by atoms with Gasteiger partial charge in [-0.05, 0) is 56.5 Å². The van der Waals surface area contributed by atoms with E-state index in [-0.39, 0.29) is 28.5 Å². The van der Waals surface area contributed by atoms with Crippen LogP contribution in [0, 0.1) is 17.1 Å². The minimum absolute atomic E-state index is 0.0600. The van der Waals surface area contributed by atoms with E-state index in [2.05, 4.69) is 15.6 Å². The van der Waals surface area contributed by atoms with Crippen molar-refractivity contribution in [2.75, 3.05) is 18.2 Å². The van der Waals surface area contributed by atoms with E-state index in [0.717, 1.165) is 12.8 Å². The molecule has 0 unspecified atom stereocenters. The van der Waals surface area contributed by atoms with Crippen molar-refractivity contribution < 1.29 is 22.3 Å². The molecule has 0 radical (unpaired) electrons. The van der Waals surface area contributed by atoms with Crippen LogP contribution in [0.5, 0.6) is 5.75 Å². The average Bonchev–Trinajstić information content (AvgIpc) is 3.57. The fourth-order valence-electron chi connectivity index (χ4n) is 4.24. The van der Waals surface area contributed by atoms with Gasteiger partial charge in [-0.2, -0.15) is 0 Å². The lowest BCUT2D eigenvalue weighted by atomic mass is 9.90. The summed E-state index contributed by atoms with van der Waals surface area (Å²) in [6, 6.07) is 7.06. The summed E-state index contributed by atoms with van der Waals surface area (Å²) in [6.07, 6.45) is 3.74. The molecule has 2 aromatic rings. The molecule has 33 heavy (non-hydrogen) atoms. The molecule has 2 fully saturated rings. The Bertz CT molecular complexity index is 1210. The molecule has 1 aliphatic heterocycles. The number of ether oxygens (including phenoxy) is 1. The number of carbonyl (C=O) groups excluding carboxylic acids is 1. The number of nitrogens with zero attached hydrogens (tertiary/aromatic N) is 1. The van der Waals surface area contributed by atoms with Gasteiger partial charge in [-0.15, -0.1) is 0 Å². The molecule has 2 atom stereocenters. The molecule has 2 heterocycles. The highest BCUT2D eigenvalue weighted by molar-refractivity contribution is 7.93. The fourth-order valence-corrected chi connectivity index (χ4v) is 6.40. The summed E-state index contributed by atoms with van der Waals surface area (Å²) in [6.45, 7) is 3.13. The van der Waals surface area contributed by atoms with Crippen LogP contribution in [0.4, 0.5) is 10.1 Å². The molecule has 176 valence electrons. The molecule has 4 rings (SSSR count). The predicted molar refractivity (Wildman–Crippen MR) is 123 cm³/mol. The largest absolute Gasteiger partial charge is 0.495 e. The summed E-state index contributed by atoms with van der Waals surface area (Å²) in [5, 5.41) is 14.1. The van der Waals surface area contributed by atoms with E-state index in [0.29, 0.717) is 18.1 Å². The molecule has 1 aromatic heterocycles. The molecule has 1 saturated heterocycles. The number of anilines is 1. The summed E-state index contributed by atoms with van der Waals surface area (Å²) in [5.74, 6) is -0.810. The molecule has 0 bridgehead atoms. The van der Waals surface area contributed by atoms with Crippen molar-refractivity contribution in [3.05, 3.63) is 53.6 Å². The summed E-state index contributed by atoms with van der Waals surface area (Å²) < 4.78 is 45.2. The van der Waals surface area contributed by atoms with Crippen LogP contribution in [-0.2, 0) is 15.4 Å². The maximum Gasteiger partial charge on any atom is 0.274 e. The van der Waals surface area contributed by atoms with E-state index < -0.39 is 31.8 Å². The van der Waals surface area contributed by atoms with Gasteiger partial charge in [0.05, 0.1) is 24.6 Å². The number of pyridine rings is 1. The number of sulfone groups is 1. The fraction of sp³-hybridized carbons (Fsp3) is 0.435. The first kappa shape index (κ1) is 23.2. The van der Waals surface area contributed by atoms with Crippen molar-refractivity contribution in [3.63, 3.8) is 0 Å². The van der Waals surface area contributed by atoms with Gasteiger partial charge in [-0.3, -0.25) is 10.2 Å². The number of hydrogen-bond donors (Lipinski definition) is 3. The summed E-state index contributed by atoms with van der Waals surface area (Å²) in [7, 11) is -2.26. The molecule has 2 aliphatic rings. The highest BCUT2D eigenvalue weighted by Crippen LogP contribution is 2.44. The number of aromatic nitrogens is 1. The average molecular weight is 475 g/mol. The Kier molecular flexibility index (Phi) is 5.68. The molecule has 3 N–H and O–H groups in total.